The van der Waals surface area contributed by atoms with Gasteiger partial charge in [0, 0.05) is 18.5 Å². The van der Waals surface area contributed by atoms with E-state index < -0.39 is 24.3 Å². The Bertz CT molecular complexity index is 321. The highest BCUT2D eigenvalue weighted by molar-refractivity contribution is 5.68. The van der Waals surface area contributed by atoms with Gasteiger partial charge in [0.15, 0.2) is 0 Å². The SMILES string of the molecule is CC(C)(C)OC(=O)NC1CC(NCCCC(F)(F)F)C1. The molecular formula is C13H23F3N2O2. The molecule has 0 spiro atoms. The van der Waals surface area contributed by atoms with E-state index in [0.717, 1.165) is 12.8 Å². The van der Waals surface area contributed by atoms with Crippen molar-refractivity contribution < 1.29 is 22.7 Å². The Kier molecular flexibility index (Phi) is 5.68. The first kappa shape index (κ1) is 17.1. The van der Waals surface area contributed by atoms with Crippen LogP contribution >= 0.6 is 0 Å². The number of carbonyl (C=O) groups is 1. The number of amides is 1. The van der Waals surface area contributed by atoms with Crippen molar-refractivity contribution in [3.8, 4) is 0 Å². The molecule has 2 N–H and O–H groups in total. The number of rotatable bonds is 5. The van der Waals surface area contributed by atoms with Gasteiger partial charge in [-0.3, -0.25) is 0 Å². The van der Waals surface area contributed by atoms with E-state index in [1.807, 2.05) is 0 Å². The number of hydrogen-bond donors (Lipinski definition) is 2. The van der Waals surface area contributed by atoms with Gasteiger partial charge in [-0.25, -0.2) is 4.79 Å². The minimum atomic E-state index is -4.08. The fourth-order valence-corrected chi connectivity index (χ4v) is 1.97. The van der Waals surface area contributed by atoms with Crippen molar-refractivity contribution in [1.82, 2.24) is 10.6 Å². The van der Waals surface area contributed by atoms with Crippen LogP contribution in [0.25, 0.3) is 0 Å². The van der Waals surface area contributed by atoms with E-state index in [2.05, 4.69) is 10.6 Å². The smallest absolute Gasteiger partial charge is 0.407 e. The Labute approximate surface area is 117 Å². The lowest BCUT2D eigenvalue weighted by molar-refractivity contribution is -0.135. The Morgan fingerprint density at radius 3 is 2.30 bits per heavy atom. The van der Waals surface area contributed by atoms with Crippen LogP contribution in [0.1, 0.15) is 46.5 Å². The van der Waals surface area contributed by atoms with Crippen LogP contribution in [0.3, 0.4) is 0 Å². The molecule has 1 fully saturated rings. The minimum Gasteiger partial charge on any atom is -0.444 e. The molecule has 0 saturated heterocycles. The van der Waals surface area contributed by atoms with Gasteiger partial charge in [-0.2, -0.15) is 13.2 Å². The van der Waals surface area contributed by atoms with Crippen molar-refractivity contribution >= 4 is 6.09 Å². The van der Waals surface area contributed by atoms with Crippen LogP contribution in [0, 0.1) is 0 Å². The molecule has 0 aliphatic heterocycles. The van der Waals surface area contributed by atoms with E-state index in [-0.39, 0.29) is 18.5 Å². The molecule has 7 heteroatoms. The number of nitrogens with one attached hydrogen (secondary N) is 2. The molecule has 1 saturated carbocycles. The fourth-order valence-electron chi connectivity index (χ4n) is 1.97. The summed E-state index contributed by atoms with van der Waals surface area (Å²) in [5.41, 5.74) is -0.525. The maximum atomic E-state index is 11.9. The number of ether oxygens (including phenoxy) is 1. The van der Waals surface area contributed by atoms with Crippen LogP contribution in [0.15, 0.2) is 0 Å². The monoisotopic (exact) mass is 296 g/mol. The second kappa shape index (κ2) is 6.65. The Balaban J connectivity index is 2.04. The van der Waals surface area contributed by atoms with Crippen molar-refractivity contribution in [3.63, 3.8) is 0 Å². The van der Waals surface area contributed by atoms with Crippen LogP contribution < -0.4 is 10.6 Å². The van der Waals surface area contributed by atoms with Crippen molar-refractivity contribution in [2.24, 2.45) is 0 Å². The molecule has 0 atom stereocenters. The summed E-state index contributed by atoms with van der Waals surface area (Å²) in [6, 6.07) is 0.230. The molecule has 20 heavy (non-hydrogen) atoms. The van der Waals surface area contributed by atoms with Crippen molar-refractivity contribution in [1.29, 1.82) is 0 Å². The molecule has 1 rings (SSSR count). The maximum Gasteiger partial charge on any atom is 0.407 e. The predicted molar refractivity (Wildman–Crippen MR) is 69.5 cm³/mol. The van der Waals surface area contributed by atoms with Gasteiger partial charge in [0.25, 0.3) is 0 Å². The maximum absolute atomic E-state index is 11.9. The van der Waals surface area contributed by atoms with E-state index >= 15 is 0 Å². The van der Waals surface area contributed by atoms with Gasteiger partial charge in [0.05, 0.1) is 0 Å². The summed E-state index contributed by atoms with van der Waals surface area (Å²) in [7, 11) is 0. The molecule has 0 heterocycles. The lowest BCUT2D eigenvalue weighted by Crippen LogP contribution is -2.53. The number of halogens is 3. The van der Waals surface area contributed by atoms with Gasteiger partial charge in [-0.1, -0.05) is 0 Å². The zero-order chi connectivity index (χ0) is 15.4. The van der Waals surface area contributed by atoms with E-state index in [1.54, 1.807) is 20.8 Å². The molecule has 0 aromatic heterocycles. The largest absolute Gasteiger partial charge is 0.444 e. The van der Waals surface area contributed by atoms with Crippen molar-refractivity contribution in [3.05, 3.63) is 0 Å². The first-order valence-corrected chi connectivity index (χ1v) is 6.85. The number of hydrogen-bond acceptors (Lipinski definition) is 3. The van der Waals surface area contributed by atoms with Crippen LogP contribution in [0.2, 0.25) is 0 Å². The summed E-state index contributed by atoms with van der Waals surface area (Å²) in [6.45, 7) is 5.72. The zero-order valence-corrected chi connectivity index (χ0v) is 12.1. The van der Waals surface area contributed by atoms with Gasteiger partial charge in [0.2, 0.25) is 0 Å². The standard InChI is InChI=1S/C13H23F3N2O2/c1-12(2,3)20-11(19)18-10-7-9(8-10)17-6-4-5-13(14,15)16/h9-10,17H,4-8H2,1-3H3,(H,18,19). The summed E-state index contributed by atoms with van der Waals surface area (Å²) in [6.07, 6.45) is -3.74. The number of carbonyl (C=O) groups excluding carboxylic acids is 1. The average Bonchev–Trinajstić information content (AvgIpc) is 2.15. The van der Waals surface area contributed by atoms with Gasteiger partial charge in [-0.15, -0.1) is 0 Å². The summed E-state index contributed by atoms with van der Waals surface area (Å²) in [5, 5.41) is 5.79. The van der Waals surface area contributed by atoms with Gasteiger partial charge in [-0.05, 0) is 46.6 Å². The second-order valence-electron chi connectivity index (χ2n) is 6.18. The highest BCUT2D eigenvalue weighted by Crippen LogP contribution is 2.23. The van der Waals surface area contributed by atoms with Gasteiger partial charge >= 0.3 is 12.3 Å². The molecule has 0 unspecified atom stereocenters. The zero-order valence-electron chi connectivity index (χ0n) is 12.1. The number of alkyl halides is 3. The normalized spacial score (nSPS) is 23.1. The average molecular weight is 296 g/mol. The quantitative estimate of drug-likeness (QED) is 0.767. The van der Waals surface area contributed by atoms with E-state index in [4.69, 9.17) is 4.74 Å². The fraction of sp³-hybridized carbons (Fsp3) is 0.923. The molecule has 118 valence electrons. The molecule has 0 aromatic carbocycles. The van der Waals surface area contributed by atoms with E-state index in [9.17, 15) is 18.0 Å². The van der Waals surface area contributed by atoms with Crippen LogP contribution in [0.4, 0.5) is 18.0 Å². The third-order valence-electron chi connectivity index (χ3n) is 2.93. The Morgan fingerprint density at radius 1 is 1.20 bits per heavy atom. The van der Waals surface area contributed by atoms with Crippen LogP contribution in [-0.2, 0) is 4.74 Å². The predicted octanol–water partition coefficient (Wildman–Crippen LogP) is 2.97. The van der Waals surface area contributed by atoms with Crippen LogP contribution in [-0.4, -0.2) is 36.5 Å². The minimum absolute atomic E-state index is 0.0463. The molecule has 4 nitrogen and oxygen atoms in total. The second-order valence-corrected chi connectivity index (χ2v) is 6.18. The topological polar surface area (TPSA) is 50.4 Å². The Hall–Kier alpha value is -0.980. The summed E-state index contributed by atoms with van der Waals surface area (Å²) >= 11 is 0. The van der Waals surface area contributed by atoms with E-state index in [1.165, 1.54) is 0 Å². The molecule has 1 aliphatic rings. The molecular weight excluding hydrogens is 273 g/mol. The highest BCUT2D eigenvalue weighted by atomic mass is 19.4. The molecule has 0 radical (unpaired) electrons. The first-order valence-electron chi connectivity index (χ1n) is 6.85. The van der Waals surface area contributed by atoms with Gasteiger partial charge in [0.1, 0.15) is 5.60 Å². The highest BCUT2D eigenvalue weighted by Gasteiger charge is 2.31. The lowest BCUT2D eigenvalue weighted by atomic mass is 9.87. The third-order valence-corrected chi connectivity index (χ3v) is 2.93. The van der Waals surface area contributed by atoms with Crippen LogP contribution in [0.5, 0.6) is 0 Å². The molecule has 0 bridgehead atoms. The van der Waals surface area contributed by atoms with Crippen molar-refractivity contribution in [2.75, 3.05) is 6.54 Å². The Morgan fingerprint density at radius 2 is 1.80 bits per heavy atom. The molecule has 1 aliphatic carbocycles. The summed E-state index contributed by atoms with van der Waals surface area (Å²) in [5.74, 6) is 0. The summed E-state index contributed by atoms with van der Waals surface area (Å²) < 4.78 is 40.9. The number of alkyl carbamates (subject to hydrolysis) is 1. The first-order chi connectivity index (χ1) is 9.05. The molecule has 1 amide bonds. The lowest BCUT2D eigenvalue weighted by Gasteiger charge is -2.36. The third kappa shape index (κ3) is 7.57. The molecule has 0 aromatic rings. The summed E-state index contributed by atoms with van der Waals surface area (Å²) in [4.78, 5) is 11.5. The van der Waals surface area contributed by atoms with E-state index in [0.29, 0.717) is 6.54 Å². The van der Waals surface area contributed by atoms with Crippen molar-refractivity contribution in [2.45, 2.75) is 70.3 Å². The van der Waals surface area contributed by atoms with Gasteiger partial charge < -0.3 is 15.4 Å².